The van der Waals surface area contributed by atoms with Crippen LogP contribution in [0.15, 0.2) is 27.6 Å². The van der Waals surface area contributed by atoms with Gasteiger partial charge in [-0.15, -0.1) is 0 Å². The molecule has 1 aromatic carbocycles. The van der Waals surface area contributed by atoms with Crippen molar-refractivity contribution in [1.29, 1.82) is 0 Å². The Hall–Kier alpha value is -0.720. The van der Waals surface area contributed by atoms with Gasteiger partial charge >= 0.3 is 0 Å². The quantitative estimate of drug-likeness (QED) is 0.581. The molecule has 6 heteroatoms. The molecular formula is C11H7BrFNOS2. The van der Waals surface area contributed by atoms with Crippen LogP contribution < -0.4 is 0 Å². The van der Waals surface area contributed by atoms with Crippen LogP contribution in [0.2, 0.25) is 0 Å². The zero-order valence-corrected chi connectivity index (χ0v) is 12.0. The summed E-state index contributed by atoms with van der Waals surface area (Å²) in [5.74, 6) is -0.561. The summed E-state index contributed by atoms with van der Waals surface area (Å²) >= 11 is 9.43. The molecular weight excluding hydrogens is 325 g/mol. The molecule has 0 bridgehead atoms. The van der Waals surface area contributed by atoms with E-state index in [0.717, 1.165) is 4.47 Å². The number of likely N-dealkylation sites (N-methyl/N-ethyl adjacent to an activating group) is 1. The zero-order chi connectivity index (χ0) is 12.6. The first-order chi connectivity index (χ1) is 7.99. The Balaban J connectivity index is 2.40. The number of thioether (sulfide) groups is 1. The monoisotopic (exact) mass is 331 g/mol. The SMILES string of the molecule is CN1C(=O)/C(=C/c2cc(Br)ccc2F)SC1=S. The molecule has 88 valence electrons. The normalized spacial score (nSPS) is 18.3. The average molecular weight is 332 g/mol. The lowest BCUT2D eigenvalue weighted by Gasteiger charge is -2.03. The van der Waals surface area contributed by atoms with Gasteiger partial charge in [-0.3, -0.25) is 9.69 Å². The minimum atomic E-state index is -0.366. The molecule has 0 atom stereocenters. The molecule has 1 aliphatic rings. The van der Waals surface area contributed by atoms with Crippen molar-refractivity contribution in [3.63, 3.8) is 0 Å². The number of halogens is 2. The van der Waals surface area contributed by atoms with Crippen LogP contribution in [0, 0.1) is 5.82 Å². The van der Waals surface area contributed by atoms with Gasteiger partial charge in [0, 0.05) is 17.1 Å². The summed E-state index contributed by atoms with van der Waals surface area (Å²) < 4.78 is 14.8. The first kappa shape index (κ1) is 12.7. The summed E-state index contributed by atoms with van der Waals surface area (Å²) in [6.07, 6.45) is 1.52. The predicted molar refractivity (Wildman–Crippen MR) is 75.0 cm³/mol. The van der Waals surface area contributed by atoms with Crippen LogP contribution in [0.5, 0.6) is 0 Å². The topological polar surface area (TPSA) is 20.3 Å². The minimum absolute atomic E-state index is 0.195. The van der Waals surface area contributed by atoms with Crippen molar-refractivity contribution < 1.29 is 9.18 Å². The maximum atomic E-state index is 13.5. The van der Waals surface area contributed by atoms with Crippen LogP contribution in [0.25, 0.3) is 6.08 Å². The lowest BCUT2D eigenvalue weighted by Crippen LogP contribution is -2.22. The lowest BCUT2D eigenvalue weighted by molar-refractivity contribution is -0.121. The standard InChI is InChI=1S/C11H7BrFNOS2/c1-14-10(15)9(17-11(14)16)5-6-4-7(12)2-3-8(6)13/h2-5H,1H3/b9-5-. The third kappa shape index (κ3) is 2.59. The summed E-state index contributed by atoms with van der Waals surface area (Å²) in [6, 6.07) is 4.58. The highest BCUT2D eigenvalue weighted by molar-refractivity contribution is 9.10. The molecule has 2 nitrogen and oxygen atoms in total. The van der Waals surface area contributed by atoms with E-state index in [2.05, 4.69) is 15.9 Å². The fourth-order valence-corrected chi connectivity index (χ4v) is 2.86. The van der Waals surface area contributed by atoms with Crippen molar-refractivity contribution in [2.75, 3.05) is 7.05 Å². The van der Waals surface area contributed by atoms with Crippen molar-refractivity contribution >= 4 is 56.2 Å². The van der Waals surface area contributed by atoms with E-state index in [1.165, 1.54) is 28.8 Å². The van der Waals surface area contributed by atoms with Gasteiger partial charge in [0.25, 0.3) is 5.91 Å². The molecule has 17 heavy (non-hydrogen) atoms. The average Bonchev–Trinajstić information content (AvgIpc) is 2.52. The minimum Gasteiger partial charge on any atom is -0.296 e. The fourth-order valence-electron chi connectivity index (χ4n) is 1.31. The number of hydrogen-bond acceptors (Lipinski definition) is 3. The number of amides is 1. The Kier molecular flexibility index (Phi) is 3.65. The highest BCUT2D eigenvalue weighted by atomic mass is 79.9. The van der Waals surface area contributed by atoms with E-state index < -0.39 is 0 Å². The van der Waals surface area contributed by atoms with E-state index >= 15 is 0 Å². The molecule has 0 saturated carbocycles. The molecule has 1 aliphatic heterocycles. The largest absolute Gasteiger partial charge is 0.296 e. The van der Waals surface area contributed by atoms with Gasteiger partial charge in [0.1, 0.15) is 10.1 Å². The first-order valence-electron chi connectivity index (χ1n) is 4.65. The van der Waals surface area contributed by atoms with Crippen LogP contribution in [0.1, 0.15) is 5.56 Å². The first-order valence-corrected chi connectivity index (χ1v) is 6.67. The smallest absolute Gasteiger partial charge is 0.265 e. The Bertz CT molecular complexity index is 544. The van der Waals surface area contributed by atoms with Gasteiger partial charge in [0.15, 0.2) is 0 Å². The van der Waals surface area contributed by atoms with E-state index in [9.17, 15) is 9.18 Å². The van der Waals surface area contributed by atoms with Gasteiger partial charge in [-0.2, -0.15) is 0 Å². The van der Waals surface area contributed by atoms with E-state index in [4.69, 9.17) is 12.2 Å². The van der Waals surface area contributed by atoms with Crippen molar-refractivity contribution in [2.24, 2.45) is 0 Å². The Labute approximate surface area is 116 Å². The van der Waals surface area contributed by atoms with E-state index in [1.807, 2.05) is 0 Å². The van der Waals surface area contributed by atoms with Crippen LogP contribution in [0.4, 0.5) is 4.39 Å². The molecule has 0 aromatic heterocycles. The van der Waals surface area contributed by atoms with Crippen LogP contribution in [-0.4, -0.2) is 22.2 Å². The molecule has 0 spiro atoms. The zero-order valence-electron chi connectivity index (χ0n) is 8.74. The second-order valence-electron chi connectivity index (χ2n) is 3.41. The van der Waals surface area contributed by atoms with E-state index in [-0.39, 0.29) is 11.7 Å². The van der Waals surface area contributed by atoms with Crippen LogP contribution in [-0.2, 0) is 4.79 Å². The molecule has 0 unspecified atom stereocenters. The third-order valence-electron chi connectivity index (χ3n) is 2.23. The number of rotatable bonds is 1. The van der Waals surface area contributed by atoms with E-state index in [0.29, 0.717) is 14.8 Å². The number of carbonyl (C=O) groups excluding carboxylic acids is 1. The van der Waals surface area contributed by atoms with Gasteiger partial charge in [0.05, 0.1) is 4.91 Å². The molecule has 0 N–H and O–H groups in total. The summed E-state index contributed by atoms with van der Waals surface area (Å²) in [6.45, 7) is 0. The number of benzene rings is 1. The fraction of sp³-hybridized carbons (Fsp3) is 0.0909. The van der Waals surface area contributed by atoms with Crippen molar-refractivity contribution in [2.45, 2.75) is 0 Å². The molecule has 0 aliphatic carbocycles. The second-order valence-corrected chi connectivity index (χ2v) is 6.00. The van der Waals surface area contributed by atoms with Crippen molar-refractivity contribution in [1.82, 2.24) is 4.90 Å². The van der Waals surface area contributed by atoms with Crippen molar-refractivity contribution in [3.8, 4) is 0 Å². The second kappa shape index (κ2) is 4.88. The van der Waals surface area contributed by atoms with Crippen LogP contribution >= 0.6 is 39.9 Å². The summed E-state index contributed by atoms with van der Waals surface area (Å²) in [5, 5.41) is 0. The molecule has 1 amide bonds. The number of nitrogens with zero attached hydrogens (tertiary/aromatic N) is 1. The summed E-state index contributed by atoms with van der Waals surface area (Å²) in [5.41, 5.74) is 0.369. The number of thiocarbonyl (C=S) groups is 1. The molecule has 1 aromatic rings. The Morgan fingerprint density at radius 1 is 1.53 bits per heavy atom. The predicted octanol–water partition coefficient (Wildman–Crippen LogP) is 3.42. The van der Waals surface area contributed by atoms with Gasteiger partial charge in [-0.25, -0.2) is 4.39 Å². The highest BCUT2D eigenvalue weighted by Gasteiger charge is 2.28. The summed E-state index contributed by atoms with van der Waals surface area (Å²) in [4.78, 5) is 13.5. The van der Waals surface area contributed by atoms with Crippen molar-refractivity contribution in [3.05, 3.63) is 39.0 Å². The molecule has 1 fully saturated rings. The Morgan fingerprint density at radius 2 is 2.24 bits per heavy atom. The number of carbonyl (C=O) groups is 1. The van der Waals surface area contributed by atoms with Gasteiger partial charge in [-0.1, -0.05) is 39.9 Å². The number of hydrogen-bond donors (Lipinski definition) is 0. The highest BCUT2D eigenvalue weighted by Crippen LogP contribution is 2.32. The molecule has 2 rings (SSSR count). The summed E-state index contributed by atoms with van der Waals surface area (Å²) in [7, 11) is 1.61. The molecule has 0 radical (unpaired) electrons. The Morgan fingerprint density at radius 3 is 2.82 bits per heavy atom. The van der Waals surface area contributed by atoms with Crippen LogP contribution in [0.3, 0.4) is 0 Å². The van der Waals surface area contributed by atoms with Gasteiger partial charge in [0.2, 0.25) is 0 Å². The van der Waals surface area contributed by atoms with E-state index in [1.54, 1.807) is 19.2 Å². The molecule has 1 heterocycles. The van der Waals surface area contributed by atoms with Gasteiger partial charge in [-0.05, 0) is 24.3 Å². The molecule has 1 saturated heterocycles. The maximum Gasteiger partial charge on any atom is 0.265 e. The maximum absolute atomic E-state index is 13.5. The lowest BCUT2D eigenvalue weighted by atomic mass is 10.2. The van der Waals surface area contributed by atoms with Gasteiger partial charge < -0.3 is 0 Å². The third-order valence-corrected chi connectivity index (χ3v) is 4.21.